The van der Waals surface area contributed by atoms with E-state index in [9.17, 15) is 0 Å². The van der Waals surface area contributed by atoms with Crippen LogP contribution in [0.1, 0.15) is 18.9 Å². The van der Waals surface area contributed by atoms with Gasteiger partial charge in [-0.25, -0.2) is 9.50 Å². The average Bonchev–Trinajstić information content (AvgIpc) is 2.87. The van der Waals surface area contributed by atoms with E-state index in [2.05, 4.69) is 57.2 Å². The van der Waals surface area contributed by atoms with Gasteiger partial charge < -0.3 is 0 Å². The second-order valence-corrected chi connectivity index (χ2v) is 6.39. The van der Waals surface area contributed by atoms with Gasteiger partial charge in [0.1, 0.15) is 0 Å². The van der Waals surface area contributed by atoms with Crippen LogP contribution in [0.5, 0.6) is 0 Å². The maximum absolute atomic E-state index is 4.57. The van der Waals surface area contributed by atoms with E-state index in [-0.39, 0.29) is 0 Å². The van der Waals surface area contributed by atoms with E-state index >= 15 is 0 Å². The SMILES string of the molecule is CCCc1ccc(-c2cn3nc(Br)sc3n2)cc1. The lowest BCUT2D eigenvalue weighted by atomic mass is 10.1. The van der Waals surface area contributed by atoms with Gasteiger partial charge in [-0.1, -0.05) is 48.9 Å². The first-order chi connectivity index (χ1) is 8.76. The Morgan fingerprint density at radius 1 is 1.28 bits per heavy atom. The van der Waals surface area contributed by atoms with E-state index in [0.29, 0.717) is 0 Å². The van der Waals surface area contributed by atoms with Crippen molar-refractivity contribution in [2.24, 2.45) is 0 Å². The van der Waals surface area contributed by atoms with Crippen molar-refractivity contribution in [3.05, 3.63) is 39.9 Å². The fourth-order valence-electron chi connectivity index (χ4n) is 1.95. The summed E-state index contributed by atoms with van der Waals surface area (Å²) in [6.45, 7) is 2.20. The fraction of sp³-hybridized carbons (Fsp3) is 0.231. The van der Waals surface area contributed by atoms with Gasteiger partial charge in [0, 0.05) is 5.56 Å². The van der Waals surface area contributed by atoms with Crippen molar-refractivity contribution in [3.8, 4) is 11.3 Å². The van der Waals surface area contributed by atoms with Crippen LogP contribution < -0.4 is 0 Å². The number of halogens is 1. The number of hydrogen-bond donors (Lipinski definition) is 0. The Labute approximate surface area is 118 Å². The Balaban J connectivity index is 1.95. The quantitative estimate of drug-likeness (QED) is 0.724. The first-order valence-electron chi connectivity index (χ1n) is 5.87. The maximum atomic E-state index is 4.57. The Morgan fingerprint density at radius 3 is 2.72 bits per heavy atom. The predicted molar refractivity (Wildman–Crippen MR) is 78.0 cm³/mol. The first kappa shape index (κ1) is 11.9. The number of rotatable bonds is 3. The molecule has 0 saturated carbocycles. The van der Waals surface area contributed by atoms with Crippen molar-refractivity contribution in [2.75, 3.05) is 0 Å². The van der Waals surface area contributed by atoms with Crippen molar-refractivity contribution in [1.29, 1.82) is 0 Å². The van der Waals surface area contributed by atoms with E-state index in [1.807, 2.05) is 10.7 Å². The molecule has 0 saturated heterocycles. The van der Waals surface area contributed by atoms with E-state index in [1.54, 1.807) is 0 Å². The molecule has 5 heteroatoms. The van der Waals surface area contributed by atoms with Gasteiger partial charge in [-0.2, -0.15) is 0 Å². The molecule has 0 bridgehead atoms. The lowest BCUT2D eigenvalue weighted by molar-refractivity contribution is 0.922. The highest BCUT2D eigenvalue weighted by molar-refractivity contribution is 9.11. The molecule has 0 radical (unpaired) electrons. The molecule has 0 unspecified atom stereocenters. The van der Waals surface area contributed by atoms with Crippen molar-refractivity contribution in [2.45, 2.75) is 19.8 Å². The van der Waals surface area contributed by atoms with Gasteiger partial charge in [0.15, 0.2) is 3.92 Å². The number of aromatic nitrogens is 3. The minimum atomic E-state index is 0.856. The minimum absolute atomic E-state index is 0.856. The third-order valence-corrected chi connectivity index (χ3v) is 4.16. The van der Waals surface area contributed by atoms with Gasteiger partial charge in [-0.05, 0) is 27.9 Å². The van der Waals surface area contributed by atoms with Gasteiger partial charge >= 0.3 is 0 Å². The monoisotopic (exact) mass is 321 g/mol. The zero-order valence-electron chi connectivity index (χ0n) is 9.93. The molecule has 3 aromatic rings. The molecule has 0 amide bonds. The molecule has 18 heavy (non-hydrogen) atoms. The van der Waals surface area contributed by atoms with Gasteiger partial charge in [-0.3, -0.25) is 0 Å². The molecule has 0 aliphatic heterocycles. The van der Waals surface area contributed by atoms with Crippen LogP contribution in [0.15, 0.2) is 34.4 Å². The largest absolute Gasteiger partial charge is 0.217 e. The highest BCUT2D eigenvalue weighted by Gasteiger charge is 2.08. The van der Waals surface area contributed by atoms with Crippen molar-refractivity contribution >= 4 is 32.2 Å². The second kappa shape index (κ2) is 4.82. The van der Waals surface area contributed by atoms with Gasteiger partial charge in [-0.15, -0.1) is 5.10 Å². The highest BCUT2D eigenvalue weighted by Crippen LogP contribution is 2.24. The molecule has 3 rings (SSSR count). The Morgan fingerprint density at radius 2 is 2.06 bits per heavy atom. The fourth-order valence-corrected chi connectivity index (χ4v) is 3.16. The molecule has 0 atom stereocenters. The first-order valence-corrected chi connectivity index (χ1v) is 7.48. The van der Waals surface area contributed by atoms with Crippen LogP contribution in [0.4, 0.5) is 0 Å². The second-order valence-electron chi connectivity index (χ2n) is 4.16. The van der Waals surface area contributed by atoms with Crippen LogP contribution in [0.3, 0.4) is 0 Å². The molecule has 3 nitrogen and oxygen atoms in total. The van der Waals surface area contributed by atoms with Crippen LogP contribution in [0, 0.1) is 0 Å². The number of nitrogens with zero attached hydrogens (tertiary/aromatic N) is 3. The standard InChI is InChI=1S/C13H12BrN3S/c1-2-3-9-4-6-10(7-5-9)11-8-17-13(15-11)18-12(14)16-17/h4-8H,2-3H2,1H3. The Hall–Kier alpha value is -1.20. The topological polar surface area (TPSA) is 30.2 Å². The molecule has 1 aromatic carbocycles. The molecule has 2 heterocycles. The summed E-state index contributed by atoms with van der Waals surface area (Å²) in [5.41, 5.74) is 3.50. The third kappa shape index (κ3) is 2.20. The number of imidazole rings is 1. The lowest BCUT2D eigenvalue weighted by Crippen LogP contribution is -1.83. The van der Waals surface area contributed by atoms with Gasteiger partial charge in [0.05, 0.1) is 11.9 Å². The summed E-state index contributed by atoms with van der Waals surface area (Å²) in [6.07, 6.45) is 4.27. The Kier molecular flexibility index (Phi) is 3.18. The maximum Gasteiger partial charge on any atom is 0.213 e. The smallest absolute Gasteiger partial charge is 0.213 e. The molecule has 0 aliphatic rings. The summed E-state index contributed by atoms with van der Waals surface area (Å²) in [4.78, 5) is 5.48. The summed E-state index contributed by atoms with van der Waals surface area (Å²) < 4.78 is 2.67. The third-order valence-electron chi connectivity index (χ3n) is 2.81. The molecular formula is C13H12BrN3S. The van der Waals surface area contributed by atoms with Gasteiger partial charge in [0.2, 0.25) is 4.96 Å². The van der Waals surface area contributed by atoms with E-state index in [4.69, 9.17) is 0 Å². The van der Waals surface area contributed by atoms with Crippen LogP contribution in [-0.2, 0) is 6.42 Å². The number of benzene rings is 1. The number of hydrogen-bond acceptors (Lipinski definition) is 3. The molecule has 92 valence electrons. The van der Waals surface area contributed by atoms with Crippen LogP contribution >= 0.6 is 27.3 Å². The zero-order valence-corrected chi connectivity index (χ0v) is 12.3. The van der Waals surface area contributed by atoms with Crippen LogP contribution in [0.2, 0.25) is 0 Å². The predicted octanol–water partition coefficient (Wildman–Crippen LogP) is 4.17. The summed E-state index contributed by atoms with van der Waals surface area (Å²) >= 11 is 4.89. The average molecular weight is 322 g/mol. The molecule has 0 fully saturated rings. The Bertz CT molecular complexity index is 638. The van der Waals surface area contributed by atoms with Crippen molar-refractivity contribution < 1.29 is 0 Å². The van der Waals surface area contributed by atoms with E-state index < -0.39 is 0 Å². The summed E-state index contributed by atoms with van der Waals surface area (Å²) in [7, 11) is 0. The van der Waals surface area contributed by atoms with E-state index in [0.717, 1.165) is 26.6 Å². The van der Waals surface area contributed by atoms with Gasteiger partial charge in [0.25, 0.3) is 0 Å². The van der Waals surface area contributed by atoms with Crippen LogP contribution in [-0.4, -0.2) is 14.6 Å². The van der Waals surface area contributed by atoms with Crippen molar-refractivity contribution in [1.82, 2.24) is 14.6 Å². The molecule has 0 N–H and O–H groups in total. The zero-order chi connectivity index (χ0) is 12.5. The molecule has 0 spiro atoms. The minimum Gasteiger partial charge on any atom is -0.217 e. The summed E-state index contributed by atoms with van der Waals surface area (Å²) in [5, 5.41) is 4.30. The summed E-state index contributed by atoms with van der Waals surface area (Å²) in [5.74, 6) is 0. The molecular weight excluding hydrogens is 310 g/mol. The van der Waals surface area contributed by atoms with Crippen molar-refractivity contribution in [3.63, 3.8) is 0 Å². The lowest BCUT2D eigenvalue weighted by Gasteiger charge is -2.00. The number of aryl methyl sites for hydroxylation is 1. The van der Waals surface area contributed by atoms with Crippen LogP contribution in [0.25, 0.3) is 16.2 Å². The highest BCUT2D eigenvalue weighted by atomic mass is 79.9. The normalized spacial score (nSPS) is 11.2. The number of fused-ring (bicyclic) bond motifs is 1. The molecule has 2 aromatic heterocycles. The molecule has 0 aliphatic carbocycles. The summed E-state index contributed by atoms with van der Waals surface area (Å²) in [6, 6.07) is 8.62. The van der Waals surface area contributed by atoms with E-state index in [1.165, 1.54) is 23.3 Å².